The second kappa shape index (κ2) is 6.79. The lowest BCUT2D eigenvalue weighted by Gasteiger charge is -2.15. The monoisotopic (exact) mass is 370 g/mol. The summed E-state index contributed by atoms with van der Waals surface area (Å²) >= 11 is 0. The Morgan fingerprint density at radius 3 is 1.25 bits per heavy atom. The summed E-state index contributed by atoms with van der Waals surface area (Å²) in [5, 5.41) is 0. The van der Waals surface area contributed by atoms with Crippen molar-refractivity contribution >= 4 is 0 Å². The van der Waals surface area contributed by atoms with Gasteiger partial charge in [-0.05, 0) is 88.1 Å². The number of aryl methyl sites for hydroxylation is 6. The van der Waals surface area contributed by atoms with Gasteiger partial charge in [-0.25, -0.2) is 9.97 Å². The van der Waals surface area contributed by atoms with Crippen LogP contribution in [0, 0.1) is 41.5 Å². The Bertz CT molecular complexity index is 1040. The predicted octanol–water partition coefficient (Wildman–Crippen LogP) is 5.58. The van der Waals surface area contributed by atoms with E-state index in [9.17, 15) is 0 Å². The van der Waals surface area contributed by atoms with Gasteiger partial charge in [0.2, 0.25) is 0 Å². The first-order valence-corrected chi connectivity index (χ1v) is 9.61. The Morgan fingerprint density at radius 2 is 0.964 bits per heavy atom. The molecular weight excluding hydrogens is 344 g/mol. The first-order chi connectivity index (χ1) is 13.4. The highest BCUT2D eigenvalue weighted by Crippen LogP contribution is 2.30. The molecule has 4 nitrogen and oxygen atoms in total. The highest BCUT2D eigenvalue weighted by Gasteiger charge is 2.12. The van der Waals surface area contributed by atoms with Gasteiger partial charge in [0.25, 0.3) is 0 Å². The van der Waals surface area contributed by atoms with E-state index in [0.29, 0.717) is 0 Å². The van der Waals surface area contributed by atoms with Crippen LogP contribution in [0.1, 0.15) is 34.2 Å². The van der Waals surface area contributed by atoms with Crippen molar-refractivity contribution in [1.29, 1.82) is 0 Å². The van der Waals surface area contributed by atoms with Gasteiger partial charge in [-0.2, -0.15) is 0 Å². The van der Waals surface area contributed by atoms with Crippen molar-refractivity contribution in [2.24, 2.45) is 0 Å². The van der Waals surface area contributed by atoms with Gasteiger partial charge in [-0.1, -0.05) is 12.1 Å². The summed E-state index contributed by atoms with van der Waals surface area (Å²) < 4.78 is 4.38. The molecule has 2 heterocycles. The molecule has 142 valence electrons. The smallest absolute Gasteiger partial charge is 0.110 e. The van der Waals surface area contributed by atoms with Gasteiger partial charge in [-0.3, -0.25) is 0 Å². The minimum Gasteiger partial charge on any atom is -0.301 e. The lowest BCUT2D eigenvalue weighted by molar-refractivity contribution is 0.938. The van der Waals surface area contributed by atoms with Crippen LogP contribution in [-0.4, -0.2) is 19.1 Å². The predicted molar refractivity (Wildman–Crippen MR) is 115 cm³/mol. The maximum absolute atomic E-state index is 4.42. The molecule has 0 amide bonds. The molecule has 0 fully saturated rings. The van der Waals surface area contributed by atoms with E-state index in [1.807, 2.05) is 26.2 Å². The van der Waals surface area contributed by atoms with Crippen LogP contribution in [-0.2, 0) is 0 Å². The second-order valence-corrected chi connectivity index (χ2v) is 7.56. The van der Waals surface area contributed by atoms with Gasteiger partial charge in [0.1, 0.15) is 11.6 Å². The molecule has 4 rings (SSSR count). The molecule has 0 N–H and O–H groups in total. The van der Waals surface area contributed by atoms with E-state index < -0.39 is 0 Å². The fourth-order valence-electron chi connectivity index (χ4n) is 4.07. The maximum atomic E-state index is 4.42. The molecule has 2 aromatic carbocycles. The quantitative estimate of drug-likeness (QED) is 0.472. The van der Waals surface area contributed by atoms with E-state index in [0.717, 1.165) is 34.4 Å². The van der Waals surface area contributed by atoms with Crippen molar-refractivity contribution in [3.63, 3.8) is 0 Å². The van der Waals surface area contributed by atoms with Crippen molar-refractivity contribution < 1.29 is 0 Å². The van der Waals surface area contributed by atoms with Crippen LogP contribution >= 0.6 is 0 Å². The molecular formula is C24H26N4. The van der Waals surface area contributed by atoms with Crippen molar-refractivity contribution in [3.05, 3.63) is 83.0 Å². The highest BCUT2D eigenvalue weighted by atomic mass is 15.1. The fraction of sp³-hybridized carbons (Fsp3) is 0.250. The van der Waals surface area contributed by atoms with E-state index in [4.69, 9.17) is 0 Å². The molecule has 0 unspecified atom stereocenters. The van der Waals surface area contributed by atoms with Gasteiger partial charge >= 0.3 is 0 Å². The Morgan fingerprint density at radius 1 is 0.571 bits per heavy atom. The van der Waals surface area contributed by atoms with Crippen LogP contribution in [0.2, 0.25) is 0 Å². The molecule has 0 spiro atoms. The van der Waals surface area contributed by atoms with Crippen molar-refractivity contribution in [2.45, 2.75) is 41.5 Å². The molecule has 4 heteroatoms. The number of aromatic nitrogens is 4. The number of nitrogens with zero attached hydrogens (tertiary/aromatic N) is 4. The number of hydrogen-bond acceptors (Lipinski definition) is 2. The molecule has 0 saturated heterocycles. The van der Waals surface area contributed by atoms with Gasteiger partial charge in [0, 0.05) is 35.2 Å². The third-order valence-corrected chi connectivity index (χ3v) is 5.46. The average molecular weight is 371 g/mol. The van der Waals surface area contributed by atoms with E-state index >= 15 is 0 Å². The van der Waals surface area contributed by atoms with Crippen LogP contribution in [0.15, 0.2) is 48.8 Å². The standard InChI is InChI=1S/C24H26N4/c1-15-11-21(27-17(3)13-25-19(27)5)7-9-23(15)24-10-8-22(12-16(24)2)28-18(4)14-26-20(28)6/h7-14H,1-6H3. The third kappa shape index (κ3) is 2.95. The van der Waals surface area contributed by atoms with Crippen LogP contribution in [0.25, 0.3) is 22.5 Å². The summed E-state index contributed by atoms with van der Waals surface area (Å²) in [5.74, 6) is 2.02. The van der Waals surface area contributed by atoms with Crippen LogP contribution in [0.3, 0.4) is 0 Å². The Balaban J connectivity index is 1.76. The third-order valence-electron chi connectivity index (χ3n) is 5.46. The lowest BCUT2D eigenvalue weighted by atomic mass is 9.95. The molecule has 0 aliphatic rings. The van der Waals surface area contributed by atoms with Gasteiger partial charge in [0.05, 0.1) is 0 Å². The zero-order valence-corrected chi connectivity index (χ0v) is 17.4. The van der Waals surface area contributed by atoms with Crippen molar-refractivity contribution in [3.8, 4) is 22.5 Å². The molecule has 0 bridgehead atoms. The molecule has 0 aliphatic carbocycles. The molecule has 28 heavy (non-hydrogen) atoms. The van der Waals surface area contributed by atoms with Crippen LogP contribution in [0.4, 0.5) is 0 Å². The summed E-state index contributed by atoms with van der Waals surface area (Å²) in [6.45, 7) is 12.6. The normalized spacial score (nSPS) is 11.2. The minimum atomic E-state index is 1.01. The van der Waals surface area contributed by atoms with Crippen LogP contribution in [0.5, 0.6) is 0 Å². The minimum absolute atomic E-state index is 1.01. The van der Waals surface area contributed by atoms with Gasteiger partial charge in [-0.15, -0.1) is 0 Å². The maximum Gasteiger partial charge on any atom is 0.110 e. The number of imidazole rings is 2. The van der Waals surface area contributed by atoms with Gasteiger partial charge < -0.3 is 9.13 Å². The zero-order chi connectivity index (χ0) is 20.0. The Hall–Kier alpha value is -3.14. The summed E-state index contributed by atoms with van der Waals surface area (Å²) in [6, 6.07) is 13.3. The molecule has 0 atom stereocenters. The molecule has 4 aromatic rings. The SMILES string of the molecule is Cc1cc(-n2c(C)cnc2C)ccc1-c1ccc(-n2c(C)cnc2C)cc1C. The number of benzene rings is 2. The number of rotatable bonds is 3. The second-order valence-electron chi connectivity index (χ2n) is 7.56. The molecule has 0 aliphatic heterocycles. The summed E-state index contributed by atoms with van der Waals surface area (Å²) in [6.07, 6.45) is 3.84. The van der Waals surface area contributed by atoms with E-state index in [1.54, 1.807) is 0 Å². The molecule has 2 aromatic heterocycles. The summed E-state index contributed by atoms with van der Waals surface area (Å²) in [4.78, 5) is 8.84. The average Bonchev–Trinajstić information content (AvgIpc) is 3.16. The van der Waals surface area contributed by atoms with Crippen molar-refractivity contribution in [1.82, 2.24) is 19.1 Å². The first-order valence-electron chi connectivity index (χ1n) is 9.61. The molecule has 0 saturated carbocycles. The Labute approximate surface area is 166 Å². The highest BCUT2D eigenvalue weighted by molar-refractivity contribution is 5.73. The molecule has 0 radical (unpaired) electrons. The summed E-state index contributed by atoms with van der Waals surface area (Å²) in [7, 11) is 0. The topological polar surface area (TPSA) is 35.6 Å². The lowest BCUT2D eigenvalue weighted by Crippen LogP contribution is -2.01. The first kappa shape index (κ1) is 18.2. The van der Waals surface area contributed by atoms with Gasteiger partial charge in [0.15, 0.2) is 0 Å². The number of hydrogen-bond donors (Lipinski definition) is 0. The zero-order valence-electron chi connectivity index (χ0n) is 17.4. The Kier molecular flexibility index (Phi) is 4.42. The van der Waals surface area contributed by atoms with Crippen LogP contribution < -0.4 is 0 Å². The fourth-order valence-corrected chi connectivity index (χ4v) is 4.07. The van der Waals surface area contributed by atoms with Crippen molar-refractivity contribution in [2.75, 3.05) is 0 Å². The van der Waals surface area contributed by atoms with E-state index in [1.165, 1.54) is 22.3 Å². The largest absolute Gasteiger partial charge is 0.301 e. The summed E-state index contributed by atoms with van der Waals surface area (Å²) in [5.41, 5.74) is 9.67. The van der Waals surface area contributed by atoms with E-state index in [-0.39, 0.29) is 0 Å². The van der Waals surface area contributed by atoms with E-state index in [2.05, 4.69) is 83.2 Å².